The van der Waals surface area contributed by atoms with Crippen LogP contribution in [-0.4, -0.2) is 29.6 Å². The third-order valence-corrected chi connectivity index (χ3v) is 2.13. The molecule has 6 heteroatoms. The van der Waals surface area contributed by atoms with Gasteiger partial charge in [-0.15, -0.1) is 0 Å². The fourth-order valence-electron chi connectivity index (χ4n) is 1.27. The quantitative estimate of drug-likeness (QED) is 0.703. The number of nitrogen functional groups attached to an aromatic ring is 1. The Morgan fingerprint density at radius 1 is 1.56 bits per heavy atom. The molecule has 0 fully saturated rings. The maximum Gasteiger partial charge on any atom is 0.355 e. The lowest BCUT2D eigenvalue weighted by atomic mass is 10.3. The standard InChI is InChI=1S/C10H15N3O3/c1-6(9(14)12-2)16-10(15)8-4-7(11)5-13(8)3/h4-6H,11H2,1-3H3,(H,12,14). The van der Waals surface area contributed by atoms with Crippen LogP contribution in [0.2, 0.25) is 0 Å². The smallest absolute Gasteiger partial charge is 0.355 e. The Labute approximate surface area is 93.4 Å². The Balaban J connectivity index is 2.73. The molecule has 1 unspecified atom stereocenters. The molecular formula is C10H15N3O3. The van der Waals surface area contributed by atoms with Gasteiger partial charge in [0.15, 0.2) is 6.10 Å². The molecule has 0 spiro atoms. The predicted octanol–water partition coefficient (Wildman–Crippen LogP) is -0.101. The van der Waals surface area contributed by atoms with E-state index in [1.54, 1.807) is 17.8 Å². The third kappa shape index (κ3) is 2.53. The molecule has 1 amide bonds. The second-order valence-electron chi connectivity index (χ2n) is 3.43. The topological polar surface area (TPSA) is 86.3 Å². The van der Waals surface area contributed by atoms with Crippen LogP contribution < -0.4 is 11.1 Å². The lowest BCUT2D eigenvalue weighted by molar-refractivity contribution is -0.128. The van der Waals surface area contributed by atoms with Gasteiger partial charge in [-0.2, -0.15) is 0 Å². The number of aryl methyl sites for hydroxylation is 1. The molecule has 6 nitrogen and oxygen atoms in total. The summed E-state index contributed by atoms with van der Waals surface area (Å²) in [6.07, 6.45) is 0.773. The van der Waals surface area contributed by atoms with E-state index in [-0.39, 0.29) is 5.91 Å². The van der Waals surface area contributed by atoms with Crippen LogP contribution in [0.3, 0.4) is 0 Å². The summed E-state index contributed by atoms with van der Waals surface area (Å²) in [6, 6.07) is 1.50. The van der Waals surface area contributed by atoms with Gasteiger partial charge in [-0.25, -0.2) is 4.79 Å². The Morgan fingerprint density at radius 3 is 2.62 bits per heavy atom. The Morgan fingerprint density at radius 2 is 2.19 bits per heavy atom. The number of esters is 1. The first-order valence-corrected chi connectivity index (χ1v) is 4.80. The predicted molar refractivity (Wildman–Crippen MR) is 58.8 cm³/mol. The largest absolute Gasteiger partial charge is 0.448 e. The van der Waals surface area contributed by atoms with E-state index in [0.29, 0.717) is 11.4 Å². The Hall–Kier alpha value is -1.98. The van der Waals surface area contributed by atoms with Crippen molar-refractivity contribution in [2.24, 2.45) is 7.05 Å². The number of carbonyl (C=O) groups is 2. The average Bonchev–Trinajstić information content (AvgIpc) is 2.56. The average molecular weight is 225 g/mol. The minimum absolute atomic E-state index is 0.313. The molecule has 1 rings (SSSR count). The summed E-state index contributed by atoms with van der Waals surface area (Å²) < 4.78 is 6.51. The number of anilines is 1. The van der Waals surface area contributed by atoms with Gasteiger partial charge in [-0.1, -0.05) is 0 Å². The second-order valence-corrected chi connectivity index (χ2v) is 3.43. The number of hydrogen-bond acceptors (Lipinski definition) is 4. The molecule has 0 aliphatic heterocycles. The van der Waals surface area contributed by atoms with E-state index >= 15 is 0 Å². The zero-order chi connectivity index (χ0) is 12.3. The lowest BCUT2D eigenvalue weighted by Gasteiger charge is -2.11. The summed E-state index contributed by atoms with van der Waals surface area (Å²) in [7, 11) is 3.16. The van der Waals surface area contributed by atoms with Crippen molar-refractivity contribution in [2.75, 3.05) is 12.8 Å². The summed E-state index contributed by atoms with van der Waals surface area (Å²) in [5.41, 5.74) is 6.31. The highest BCUT2D eigenvalue weighted by molar-refractivity contribution is 5.91. The van der Waals surface area contributed by atoms with Gasteiger partial charge in [0.1, 0.15) is 5.69 Å². The van der Waals surface area contributed by atoms with E-state index in [1.165, 1.54) is 20.0 Å². The second kappa shape index (κ2) is 4.69. The minimum Gasteiger partial charge on any atom is -0.448 e. The first-order valence-electron chi connectivity index (χ1n) is 4.80. The third-order valence-electron chi connectivity index (χ3n) is 2.13. The molecule has 0 aliphatic rings. The van der Waals surface area contributed by atoms with Gasteiger partial charge < -0.3 is 20.4 Å². The maximum atomic E-state index is 11.6. The van der Waals surface area contributed by atoms with Crippen LogP contribution in [0.4, 0.5) is 5.69 Å². The Bertz CT molecular complexity index is 411. The van der Waals surface area contributed by atoms with Gasteiger partial charge in [0.25, 0.3) is 5.91 Å². The fraction of sp³-hybridized carbons (Fsp3) is 0.400. The van der Waals surface area contributed by atoms with Gasteiger partial charge in [0.2, 0.25) is 0 Å². The monoisotopic (exact) mass is 225 g/mol. The molecule has 0 saturated carbocycles. The minimum atomic E-state index is -0.825. The number of nitrogens with two attached hydrogens (primary N) is 1. The molecule has 0 bridgehead atoms. The van der Waals surface area contributed by atoms with E-state index in [4.69, 9.17) is 10.5 Å². The molecule has 1 aromatic rings. The van der Waals surface area contributed by atoms with Crippen molar-refractivity contribution in [3.63, 3.8) is 0 Å². The van der Waals surface area contributed by atoms with Gasteiger partial charge in [0.05, 0.1) is 5.69 Å². The number of hydrogen-bond donors (Lipinski definition) is 2. The van der Waals surface area contributed by atoms with Gasteiger partial charge in [0, 0.05) is 20.3 Å². The van der Waals surface area contributed by atoms with Gasteiger partial charge in [-0.3, -0.25) is 4.79 Å². The molecule has 1 aromatic heterocycles. The first-order chi connectivity index (χ1) is 7.45. The van der Waals surface area contributed by atoms with Crippen LogP contribution in [0.5, 0.6) is 0 Å². The molecule has 0 aliphatic carbocycles. The molecule has 1 heterocycles. The lowest BCUT2D eigenvalue weighted by Crippen LogP contribution is -2.33. The molecule has 1 atom stereocenters. The van der Waals surface area contributed by atoms with Crippen LogP contribution in [0.15, 0.2) is 12.3 Å². The molecule has 3 N–H and O–H groups in total. The Kier molecular flexibility index (Phi) is 3.55. The van der Waals surface area contributed by atoms with Crippen LogP contribution >= 0.6 is 0 Å². The van der Waals surface area contributed by atoms with Crippen molar-refractivity contribution in [2.45, 2.75) is 13.0 Å². The van der Waals surface area contributed by atoms with Crippen molar-refractivity contribution in [1.29, 1.82) is 0 Å². The summed E-state index contributed by atoms with van der Waals surface area (Å²) in [5.74, 6) is -0.925. The molecule has 0 radical (unpaired) electrons. The highest BCUT2D eigenvalue weighted by Gasteiger charge is 2.19. The number of nitrogens with one attached hydrogen (secondary N) is 1. The summed E-state index contributed by atoms with van der Waals surface area (Å²) in [4.78, 5) is 22.8. The van der Waals surface area contributed by atoms with E-state index < -0.39 is 12.1 Å². The molecule has 0 aromatic carbocycles. The zero-order valence-electron chi connectivity index (χ0n) is 9.48. The highest BCUT2D eigenvalue weighted by atomic mass is 16.5. The number of likely N-dealkylation sites (N-methyl/N-ethyl adjacent to an activating group) is 1. The van der Waals surface area contributed by atoms with E-state index in [9.17, 15) is 9.59 Å². The number of carbonyl (C=O) groups excluding carboxylic acids is 2. The van der Waals surface area contributed by atoms with Crippen molar-refractivity contribution >= 4 is 17.6 Å². The number of aromatic nitrogens is 1. The zero-order valence-corrected chi connectivity index (χ0v) is 9.48. The van der Waals surface area contributed by atoms with Crippen LogP contribution in [0.1, 0.15) is 17.4 Å². The number of amides is 1. The van der Waals surface area contributed by atoms with Crippen molar-refractivity contribution in [3.05, 3.63) is 18.0 Å². The van der Waals surface area contributed by atoms with Gasteiger partial charge >= 0.3 is 5.97 Å². The van der Waals surface area contributed by atoms with Crippen molar-refractivity contribution in [1.82, 2.24) is 9.88 Å². The molecular weight excluding hydrogens is 210 g/mol. The SMILES string of the molecule is CNC(=O)C(C)OC(=O)c1cc(N)cn1C. The highest BCUT2D eigenvalue weighted by Crippen LogP contribution is 2.10. The van der Waals surface area contributed by atoms with E-state index in [0.717, 1.165) is 0 Å². The summed E-state index contributed by atoms with van der Waals surface area (Å²) in [5, 5.41) is 2.39. The van der Waals surface area contributed by atoms with Crippen LogP contribution in [-0.2, 0) is 16.6 Å². The fourth-order valence-corrected chi connectivity index (χ4v) is 1.27. The van der Waals surface area contributed by atoms with Crippen LogP contribution in [0.25, 0.3) is 0 Å². The van der Waals surface area contributed by atoms with E-state index in [2.05, 4.69) is 5.32 Å². The number of ether oxygens (including phenoxy) is 1. The van der Waals surface area contributed by atoms with Crippen LogP contribution in [0, 0.1) is 0 Å². The molecule has 16 heavy (non-hydrogen) atoms. The summed E-state index contributed by atoms with van der Waals surface area (Å²) >= 11 is 0. The van der Waals surface area contributed by atoms with Gasteiger partial charge in [-0.05, 0) is 13.0 Å². The van der Waals surface area contributed by atoms with Crippen molar-refractivity contribution in [3.8, 4) is 0 Å². The van der Waals surface area contributed by atoms with Crippen molar-refractivity contribution < 1.29 is 14.3 Å². The number of rotatable bonds is 3. The number of nitrogens with zero attached hydrogens (tertiary/aromatic N) is 1. The molecule has 0 saturated heterocycles. The van der Waals surface area contributed by atoms with E-state index in [1.807, 2.05) is 0 Å². The maximum absolute atomic E-state index is 11.6. The normalized spacial score (nSPS) is 11.9. The molecule has 88 valence electrons. The summed E-state index contributed by atoms with van der Waals surface area (Å²) in [6.45, 7) is 1.50. The first kappa shape index (κ1) is 12.1.